The maximum absolute atomic E-state index is 13.2. The van der Waals surface area contributed by atoms with E-state index in [-0.39, 0.29) is 17.8 Å². The monoisotopic (exact) mass is 338 g/mol. The van der Waals surface area contributed by atoms with Crippen LogP contribution in [0.3, 0.4) is 0 Å². The molecule has 1 fully saturated rings. The number of halogens is 1. The summed E-state index contributed by atoms with van der Waals surface area (Å²) in [4.78, 5) is 17.2. The van der Waals surface area contributed by atoms with Crippen molar-refractivity contribution in [3.63, 3.8) is 0 Å². The normalized spacial score (nSPS) is 15.3. The summed E-state index contributed by atoms with van der Waals surface area (Å²) in [5.41, 5.74) is 3.32. The maximum atomic E-state index is 13.2. The fraction of sp³-hybridized carbons (Fsp3) is 0.316. The third-order valence-electron chi connectivity index (χ3n) is 4.72. The molecule has 0 spiro atoms. The lowest BCUT2D eigenvalue weighted by molar-refractivity contribution is 0.0937. The zero-order valence-corrected chi connectivity index (χ0v) is 14.2. The highest BCUT2D eigenvalue weighted by molar-refractivity contribution is 6.00. The summed E-state index contributed by atoms with van der Waals surface area (Å²) < 4.78 is 14.8. The lowest BCUT2D eigenvalue weighted by Crippen LogP contribution is -2.34. The van der Waals surface area contributed by atoms with Gasteiger partial charge >= 0.3 is 0 Å². The molecule has 1 atom stereocenters. The SMILES string of the molecule is Cc1cc(-c2ccc(F)cc2)nc2c(C(=O)N[C@H](C)C3CC3)cnn12. The van der Waals surface area contributed by atoms with Gasteiger partial charge in [0, 0.05) is 17.3 Å². The molecule has 1 aliphatic carbocycles. The van der Waals surface area contributed by atoms with Gasteiger partial charge in [0.15, 0.2) is 5.65 Å². The molecule has 25 heavy (non-hydrogen) atoms. The van der Waals surface area contributed by atoms with Crippen LogP contribution < -0.4 is 5.32 Å². The summed E-state index contributed by atoms with van der Waals surface area (Å²) in [6.07, 6.45) is 3.89. The van der Waals surface area contributed by atoms with Crippen molar-refractivity contribution in [2.24, 2.45) is 5.92 Å². The van der Waals surface area contributed by atoms with Gasteiger partial charge in [0.25, 0.3) is 5.91 Å². The van der Waals surface area contributed by atoms with E-state index in [1.807, 2.05) is 19.9 Å². The number of aryl methyl sites for hydroxylation is 1. The summed E-state index contributed by atoms with van der Waals surface area (Å²) in [6.45, 7) is 3.94. The second-order valence-corrected chi connectivity index (χ2v) is 6.68. The fourth-order valence-corrected chi connectivity index (χ4v) is 3.04. The first-order valence-corrected chi connectivity index (χ1v) is 8.45. The number of aromatic nitrogens is 3. The van der Waals surface area contributed by atoms with Crippen LogP contribution in [0.4, 0.5) is 4.39 Å². The van der Waals surface area contributed by atoms with Crippen LogP contribution >= 0.6 is 0 Å². The molecule has 1 saturated carbocycles. The van der Waals surface area contributed by atoms with Gasteiger partial charge in [-0.3, -0.25) is 4.79 Å². The second kappa shape index (κ2) is 5.95. The molecule has 0 aliphatic heterocycles. The van der Waals surface area contributed by atoms with Crippen molar-refractivity contribution < 1.29 is 9.18 Å². The Labute approximate surface area is 144 Å². The van der Waals surface area contributed by atoms with Crippen LogP contribution in [0.15, 0.2) is 36.5 Å². The van der Waals surface area contributed by atoms with Gasteiger partial charge in [0.2, 0.25) is 0 Å². The molecular formula is C19H19FN4O. The predicted octanol–water partition coefficient (Wildman–Crippen LogP) is 3.37. The number of rotatable bonds is 4. The Kier molecular flexibility index (Phi) is 3.75. The molecule has 1 N–H and O–H groups in total. The number of hydrogen-bond acceptors (Lipinski definition) is 3. The van der Waals surface area contributed by atoms with Crippen molar-refractivity contribution in [3.05, 3.63) is 53.6 Å². The number of benzene rings is 1. The Balaban J connectivity index is 1.73. The highest BCUT2D eigenvalue weighted by Gasteiger charge is 2.29. The molecule has 128 valence electrons. The number of fused-ring (bicyclic) bond motifs is 1. The van der Waals surface area contributed by atoms with Crippen molar-refractivity contribution in [3.8, 4) is 11.3 Å². The topological polar surface area (TPSA) is 59.3 Å². The van der Waals surface area contributed by atoms with E-state index in [2.05, 4.69) is 15.4 Å². The predicted molar refractivity (Wildman–Crippen MR) is 92.8 cm³/mol. The van der Waals surface area contributed by atoms with Crippen molar-refractivity contribution in [2.75, 3.05) is 0 Å². The van der Waals surface area contributed by atoms with Gasteiger partial charge in [-0.2, -0.15) is 5.10 Å². The minimum Gasteiger partial charge on any atom is -0.349 e. The minimum atomic E-state index is -0.292. The Morgan fingerprint density at radius 1 is 1.32 bits per heavy atom. The lowest BCUT2D eigenvalue weighted by atomic mass is 10.1. The van der Waals surface area contributed by atoms with Gasteiger partial charge in [0.1, 0.15) is 11.4 Å². The molecule has 1 amide bonds. The van der Waals surface area contributed by atoms with Crippen molar-refractivity contribution in [1.29, 1.82) is 0 Å². The highest BCUT2D eigenvalue weighted by Crippen LogP contribution is 2.32. The Bertz CT molecular complexity index is 944. The standard InChI is InChI=1S/C19H19FN4O/c1-11-9-17(14-5-7-15(20)8-6-14)23-18-16(10-21-24(11)18)19(25)22-12(2)13-3-4-13/h5-10,12-13H,3-4H2,1-2H3,(H,22,25)/t12-/m1/s1. The van der Waals surface area contributed by atoms with E-state index in [9.17, 15) is 9.18 Å². The molecule has 2 aromatic heterocycles. The number of carbonyl (C=O) groups excluding carboxylic acids is 1. The largest absolute Gasteiger partial charge is 0.349 e. The first-order chi connectivity index (χ1) is 12.0. The minimum absolute atomic E-state index is 0.155. The van der Waals surface area contributed by atoms with E-state index >= 15 is 0 Å². The summed E-state index contributed by atoms with van der Waals surface area (Å²) in [5, 5.41) is 7.33. The van der Waals surface area contributed by atoms with E-state index in [4.69, 9.17) is 0 Å². The molecule has 1 aliphatic rings. The Hall–Kier alpha value is -2.76. The van der Waals surface area contributed by atoms with Crippen LogP contribution in [0.1, 0.15) is 35.8 Å². The molecule has 6 heteroatoms. The van der Waals surface area contributed by atoms with E-state index in [0.29, 0.717) is 22.8 Å². The number of nitrogens with zero attached hydrogens (tertiary/aromatic N) is 3. The average Bonchev–Trinajstić information content (AvgIpc) is 3.35. The van der Waals surface area contributed by atoms with Gasteiger partial charge < -0.3 is 5.32 Å². The van der Waals surface area contributed by atoms with Crippen molar-refractivity contribution >= 4 is 11.6 Å². The second-order valence-electron chi connectivity index (χ2n) is 6.68. The quantitative estimate of drug-likeness (QED) is 0.793. The fourth-order valence-electron chi connectivity index (χ4n) is 3.04. The Morgan fingerprint density at radius 3 is 2.72 bits per heavy atom. The van der Waals surface area contributed by atoms with E-state index < -0.39 is 0 Å². The Morgan fingerprint density at radius 2 is 2.04 bits per heavy atom. The molecule has 0 unspecified atom stereocenters. The van der Waals surface area contributed by atoms with E-state index in [1.165, 1.54) is 25.0 Å². The number of carbonyl (C=O) groups is 1. The van der Waals surface area contributed by atoms with Crippen LogP contribution in [0.5, 0.6) is 0 Å². The smallest absolute Gasteiger partial charge is 0.256 e. The van der Waals surface area contributed by atoms with Crippen LogP contribution in [0, 0.1) is 18.7 Å². The first-order valence-electron chi connectivity index (χ1n) is 8.45. The van der Waals surface area contributed by atoms with Gasteiger partial charge in [-0.25, -0.2) is 13.9 Å². The third kappa shape index (κ3) is 2.99. The molecule has 5 nitrogen and oxygen atoms in total. The van der Waals surface area contributed by atoms with Gasteiger partial charge in [0.05, 0.1) is 11.9 Å². The van der Waals surface area contributed by atoms with E-state index in [0.717, 1.165) is 11.3 Å². The third-order valence-corrected chi connectivity index (χ3v) is 4.72. The van der Waals surface area contributed by atoms with Crippen molar-refractivity contribution in [1.82, 2.24) is 19.9 Å². The zero-order valence-electron chi connectivity index (χ0n) is 14.2. The summed E-state index contributed by atoms with van der Waals surface area (Å²) in [7, 11) is 0. The molecule has 4 rings (SSSR count). The van der Waals surface area contributed by atoms with Gasteiger partial charge in [-0.05, 0) is 62.9 Å². The molecule has 1 aromatic carbocycles. The zero-order chi connectivity index (χ0) is 17.6. The summed E-state index contributed by atoms with van der Waals surface area (Å²) in [5.74, 6) is 0.132. The highest BCUT2D eigenvalue weighted by atomic mass is 19.1. The number of hydrogen-bond donors (Lipinski definition) is 1. The molecule has 0 bridgehead atoms. The lowest BCUT2D eigenvalue weighted by Gasteiger charge is -2.12. The van der Waals surface area contributed by atoms with Crippen molar-refractivity contribution in [2.45, 2.75) is 32.7 Å². The van der Waals surface area contributed by atoms with Crippen LogP contribution in [0.25, 0.3) is 16.9 Å². The van der Waals surface area contributed by atoms with Crippen LogP contribution in [-0.2, 0) is 0 Å². The summed E-state index contributed by atoms with van der Waals surface area (Å²) >= 11 is 0. The van der Waals surface area contributed by atoms with Crippen LogP contribution in [-0.4, -0.2) is 26.5 Å². The van der Waals surface area contributed by atoms with E-state index in [1.54, 1.807) is 22.8 Å². The molecule has 0 radical (unpaired) electrons. The average molecular weight is 338 g/mol. The summed E-state index contributed by atoms with van der Waals surface area (Å²) in [6, 6.07) is 8.19. The molecular weight excluding hydrogens is 319 g/mol. The van der Waals surface area contributed by atoms with Crippen LogP contribution in [0.2, 0.25) is 0 Å². The molecule has 2 heterocycles. The van der Waals surface area contributed by atoms with Gasteiger partial charge in [-0.15, -0.1) is 0 Å². The number of nitrogens with one attached hydrogen (secondary N) is 1. The van der Waals surface area contributed by atoms with Gasteiger partial charge in [-0.1, -0.05) is 0 Å². The number of amides is 1. The molecule has 0 saturated heterocycles. The maximum Gasteiger partial charge on any atom is 0.256 e. The molecule has 3 aromatic rings. The first kappa shape index (κ1) is 15.7.